The van der Waals surface area contributed by atoms with Crippen LogP contribution >= 0.6 is 11.6 Å². The van der Waals surface area contributed by atoms with E-state index >= 15 is 0 Å². The van der Waals surface area contributed by atoms with Crippen LogP contribution in [0.1, 0.15) is 24.2 Å². The number of rotatable bonds is 3. The third-order valence-electron chi connectivity index (χ3n) is 4.26. The van der Waals surface area contributed by atoms with Crippen molar-refractivity contribution in [1.29, 1.82) is 0 Å². The van der Waals surface area contributed by atoms with Gasteiger partial charge in [0.2, 0.25) is 0 Å². The van der Waals surface area contributed by atoms with E-state index in [-0.39, 0.29) is 0 Å². The molecule has 7 heteroatoms. The van der Waals surface area contributed by atoms with Crippen LogP contribution in [0.2, 0.25) is 5.02 Å². The van der Waals surface area contributed by atoms with Gasteiger partial charge in [0.15, 0.2) is 11.5 Å². The van der Waals surface area contributed by atoms with E-state index in [4.69, 9.17) is 21.1 Å². The molecule has 3 heterocycles. The zero-order chi connectivity index (χ0) is 15.6. The van der Waals surface area contributed by atoms with E-state index in [0.717, 1.165) is 49.5 Å². The first kappa shape index (κ1) is 14.8. The Morgan fingerprint density at radius 1 is 1.30 bits per heavy atom. The van der Waals surface area contributed by atoms with Gasteiger partial charge >= 0.3 is 0 Å². The van der Waals surface area contributed by atoms with E-state index in [1.807, 2.05) is 16.8 Å². The first-order chi connectivity index (χ1) is 11.3. The number of halogens is 1. The molecule has 1 aromatic carbocycles. The van der Waals surface area contributed by atoms with Crippen molar-refractivity contribution in [1.82, 2.24) is 20.1 Å². The van der Waals surface area contributed by atoms with Crippen LogP contribution in [0.15, 0.2) is 18.5 Å². The van der Waals surface area contributed by atoms with Crippen molar-refractivity contribution < 1.29 is 9.47 Å². The highest BCUT2D eigenvalue weighted by molar-refractivity contribution is 6.32. The number of aromatic nitrogens is 3. The number of nitrogens with zero attached hydrogens (tertiary/aromatic N) is 3. The lowest BCUT2D eigenvalue weighted by molar-refractivity contribution is 0.297. The van der Waals surface area contributed by atoms with Gasteiger partial charge in [0.25, 0.3) is 0 Å². The van der Waals surface area contributed by atoms with Crippen LogP contribution in [0, 0.1) is 0 Å². The zero-order valence-electron chi connectivity index (χ0n) is 12.8. The standard InChI is InChI=1S/C16H19ClN4O2/c17-13-6-11(7-14-16(13)23-5-1-4-22-14)8-18-12-2-3-15-19-10-20-21(15)9-12/h6-7,10,12,18H,1-5,8-9H2. The van der Waals surface area contributed by atoms with Crippen LogP contribution in [0.25, 0.3) is 0 Å². The van der Waals surface area contributed by atoms with Crippen molar-refractivity contribution in [3.05, 3.63) is 34.9 Å². The van der Waals surface area contributed by atoms with Gasteiger partial charge in [-0.25, -0.2) is 9.67 Å². The van der Waals surface area contributed by atoms with Gasteiger partial charge in [-0.2, -0.15) is 5.10 Å². The molecule has 0 bridgehead atoms. The molecule has 6 nitrogen and oxygen atoms in total. The molecule has 1 unspecified atom stereocenters. The minimum Gasteiger partial charge on any atom is -0.489 e. The molecular weight excluding hydrogens is 316 g/mol. The van der Waals surface area contributed by atoms with Crippen molar-refractivity contribution in [3.63, 3.8) is 0 Å². The minimum absolute atomic E-state index is 0.388. The van der Waals surface area contributed by atoms with Gasteiger partial charge in [-0.15, -0.1) is 0 Å². The predicted octanol–water partition coefficient (Wildman–Crippen LogP) is 2.20. The Morgan fingerprint density at radius 2 is 2.22 bits per heavy atom. The molecule has 23 heavy (non-hydrogen) atoms. The third kappa shape index (κ3) is 3.14. The fourth-order valence-corrected chi connectivity index (χ4v) is 3.34. The molecule has 4 rings (SSSR count). The first-order valence-electron chi connectivity index (χ1n) is 7.97. The molecule has 0 aliphatic carbocycles. The van der Waals surface area contributed by atoms with Gasteiger partial charge in [-0.1, -0.05) is 11.6 Å². The fraction of sp³-hybridized carbons (Fsp3) is 0.500. The molecule has 0 spiro atoms. The summed E-state index contributed by atoms with van der Waals surface area (Å²) >= 11 is 6.34. The second-order valence-electron chi connectivity index (χ2n) is 5.93. The summed E-state index contributed by atoms with van der Waals surface area (Å²) in [5.74, 6) is 2.48. The highest BCUT2D eigenvalue weighted by Gasteiger charge is 2.20. The maximum absolute atomic E-state index is 6.34. The third-order valence-corrected chi connectivity index (χ3v) is 4.54. The number of hydrogen-bond donors (Lipinski definition) is 1. The molecule has 2 aliphatic heterocycles. The van der Waals surface area contributed by atoms with Gasteiger partial charge < -0.3 is 14.8 Å². The molecule has 2 aliphatic rings. The smallest absolute Gasteiger partial charge is 0.179 e. The van der Waals surface area contributed by atoms with E-state index < -0.39 is 0 Å². The van der Waals surface area contributed by atoms with Gasteiger partial charge in [0.1, 0.15) is 12.2 Å². The number of fused-ring (bicyclic) bond motifs is 2. The topological polar surface area (TPSA) is 61.2 Å². The lowest BCUT2D eigenvalue weighted by atomic mass is 10.1. The number of ether oxygens (including phenoxy) is 2. The summed E-state index contributed by atoms with van der Waals surface area (Å²) in [5.41, 5.74) is 1.10. The molecule has 0 saturated carbocycles. The molecule has 0 radical (unpaired) electrons. The van der Waals surface area contributed by atoms with Crippen molar-refractivity contribution in [2.24, 2.45) is 0 Å². The molecular formula is C16H19ClN4O2. The van der Waals surface area contributed by atoms with Crippen LogP contribution in [-0.2, 0) is 19.5 Å². The molecule has 122 valence electrons. The van der Waals surface area contributed by atoms with Gasteiger partial charge in [-0.05, 0) is 24.1 Å². The number of nitrogens with one attached hydrogen (secondary N) is 1. The van der Waals surface area contributed by atoms with Gasteiger partial charge in [-0.3, -0.25) is 0 Å². The monoisotopic (exact) mass is 334 g/mol. The van der Waals surface area contributed by atoms with Crippen LogP contribution in [-0.4, -0.2) is 34.0 Å². The minimum atomic E-state index is 0.388. The van der Waals surface area contributed by atoms with Crippen molar-refractivity contribution in [3.8, 4) is 11.5 Å². The lowest BCUT2D eigenvalue weighted by Crippen LogP contribution is -2.37. The maximum Gasteiger partial charge on any atom is 0.179 e. The summed E-state index contributed by atoms with van der Waals surface area (Å²) in [4.78, 5) is 4.25. The Labute approximate surface area is 139 Å². The Kier molecular flexibility index (Phi) is 4.10. The number of hydrogen-bond acceptors (Lipinski definition) is 5. The van der Waals surface area contributed by atoms with E-state index in [1.165, 1.54) is 0 Å². The fourth-order valence-electron chi connectivity index (χ4n) is 3.05. The van der Waals surface area contributed by atoms with E-state index in [2.05, 4.69) is 15.4 Å². The largest absolute Gasteiger partial charge is 0.489 e. The summed E-state index contributed by atoms with van der Waals surface area (Å²) in [6.45, 7) is 2.91. The average Bonchev–Trinajstić information content (AvgIpc) is 2.89. The SMILES string of the molecule is Clc1cc(CNC2CCc3ncnn3C2)cc2c1OCCCO2. The molecule has 0 saturated heterocycles. The summed E-state index contributed by atoms with van der Waals surface area (Å²) in [7, 11) is 0. The second kappa shape index (κ2) is 6.37. The van der Waals surface area contributed by atoms with Crippen molar-refractivity contribution >= 4 is 11.6 Å². The second-order valence-corrected chi connectivity index (χ2v) is 6.34. The number of benzene rings is 1. The van der Waals surface area contributed by atoms with Crippen molar-refractivity contribution in [2.75, 3.05) is 13.2 Å². The maximum atomic E-state index is 6.34. The normalized spacial score (nSPS) is 20.0. The summed E-state index contributed by atoms with van der Waals surface area (Å²) in [6.07, 6.45) is 4.53. The first-order valence-corrected chi connectivity index (χ1v) is 8.35. The molecule has 1 N–H and O–H groups in total. The summed E-state index contributed by atoms with van der Waals surface area (Å²) in [5, 5.41) is 8.44. The zero-order valence-corrected chi connectivity index (χ0v) is 13.6. The van der Waals surface area contributed by atoms with Crippen LogP contribution in [0.4, 0.5) is 0 Å². The van der Waals surface area contributed by atoms with E-state index in [9.17, 15) is 0 Å². The molecule has 2 aromatic rings. The summed E-state index contributed by atoms with van der Waals surface area (Å²) < 4.78 is 13.4. The van der Waals surface area contributed by atoms with Crippen LogP contribution < -0.4 is 14.8 Å². The number of aryl methyl sites for hydroxylation is 1. The van der Waals surface area contributed by atoms with Gasteiger partial charge in [0, 0.05) is 25.4 Å². The Morgan fingerprint density at radius 3 is 3.17 bits per heavy atom. The Balaban J connectivity index is 1.43. The predicted molar refractivity (Wildman–Crippen MR) is 86.0 cm³/mol. The molecule has 0 fully saturated rings. The lowest BCUT2D eigenvalue weighted by Gasteiger charge is -2.24. The van der Waals surface area contributed by atoms with Crippen LogP contribution in [0.5, 0.6) is 11.5 Å². The highest BCUT2D eigenvalue weighted by Crippen LogP contribution is 2.38. The quantitative estimate of drug-likeness (QED) is 0.932. The highest BCUT2D eigenvalue weighted by atomic mass is 35.5. The van der Waals surface area contributed by atoms with Gasteiger partial charge in [0.05, 0.1) is 24.8 Å². The molecule has 0 amide bonds. The summed E-state index contributed by atoms with van der Waals surface area (Å²) in [6, 6.07) is 4.36. The average molecular weight is 335 g/mol. The van der Waals surface area contributed by atoms with Crippen LogP contribution in [0.3, 0.4) is 0 Å². The Bertz CT molecular complexity index is 703. The molecule has 1 atom stereocenters. The molecule has 1 aromatic heterocycles. The van der Waals surface area contributed by atoms with Crippen molar-refractivity contribution in [2.45, 2.75) is 38.4 Å². The van der Waals surface area contributed by atoms with E-state index in [0.29, 0.717) is 30.0 Å². The van der Waals surface area contributed by atoms with E-state index in [1.54, 1.807) is 6.33 Å². The Hall–Kier alpha value is -1.79.